The van der Waals surface area contributed by atoms with Crippen molar-refractivity contribution in [3.05, 3.63) is 79.1 Å². The molecule has 0 atom stereocenters. The predicted molar refractivity (Wildman–Crippen MR) is 99.2 cm³/mol. The third-order valence-electron chi connectivity index (χ3n) is 4.15. The van der Waals surface area contributed by atoms with E-state index >= 15 is 0 Å². The summed E-state index contributed by atoms with van der Waals surface area (Å²) < 4.78 is 3.40. The Balaban J connectivity index is 1.93. The van der Waals surface area contributed by atoms with Crippen LogP contribution in [0, 0.1) is 0 Å². The highest BCUT2D eigenvalue weighted by Gasteiger charge is 2.19. The molecule has 0 aliphatic heterocycles. The predicted octanol–water partition coefficient (Wildman–Crippen LogP) is 5.28. The maximum absolute atomic E-state index is 4.95. The highest BCUT2D eigenvalue weighted by molar-refractivity contribution is 7.23. The van der Waals surface area contributed by atoms with Gasteiger partial charge in [0.15, 0.2) is 4.96 Å². The normalized spacial score (nSPS) is 11.3. The SMILES string of the molecule is c1ccc(-c2nc3sc4cnccc4n3c2-c2ccccc2)cc1. The number of aromatic nitrogens is 3. The molecule has 4 heteroatoms. The number of thiazole rings is 1. The average Bonchev–Trinajstić information content (AvgIpc) is 3.19. The lowest BCUT2D eigenvalue weighted by Gasteiger charge is -2.05. The number of pyridine rings is 1. The van der Waals surface area contributed by atoms with Gasteiger partial charge in [-0.2, -0.15) is 0 Å². The zero-order chi connectivity index (χ0) is 15.9. The molecule has 0 amide bonds. The van der Waals surface area contributed by atoms with Gasteiger partial charge in [-0.1, -0.05) is 72.0 Å². The summed E-state index contributed by atoms with van der Waals surface area (Å²) in [6.45, 7) is 0. The highest BCUT2D eigenvalue weighted by Crippen LogP contribution is 2.37. The van der Waals surface area contributed by atoms with Crippen molar-refractivity contribution >= 4 is 26.5 Å². The highest BCUT2D eigenvalue weighted by atomic mass is 32.1. The molecule has 3 nitrogen and oxygen atoms in total. The van der Waals surface area contributed by atoms with Gasteiger partial charge in [0.05, 0.1) is 21.6 Å². The molecule has 0 spiro atoms. The Kier molecular flexibility index (Phi) is 2.96. The van der Waals surface area contributed by atoms with Crippen molar-refractivity contribution in [1.82, 2.24) is 14.4 Å². The molecule has 114 valence electrons. The summed E-state index contributed by atoms with van der Waals surface area (Å²) in [6.07, 6.45) is 3.75. The Morgan fingerprint density at radius 2 is 1.50 bits per heavy atom. The molecule has 0 unspecified atom stereocenters. The Bertz CT molecular complexity index is 1140. The smallest absolute Gasteiger partial charge is 0.195 e. The van der Waals surface area contributed by atoms with E-state index in [-0.39, 0.29) is 0 Å². The third kappa shape index (κ3) is 1.97. The molecule has 0 N–H and O–H groups in total. The number of rotatable bonds is 2. The van der Waals surface area contributed by atoms with Crippen LogP contribution in [-0.4, -0.2) is 14.4 Å². The summed E-state index contributed by atoms with van der Waals surface area (Å²) in [5.41, 5.74) is 5.61. The molecule has 0 aliphatic rings. The van der Waals surface area contributed by atoms with Crippen LogP contribution in [0.5, 0.6) is 0 Å². The van der Waals surface area contributed by atoms with Crippen LogP contribution in [-0.2, 0) is 0 Å². The van der Waals surface area contributed by atoms with Crippen molar-refractivity contribution < 1.29 is 0 Å². The minimum absolute atomic E-state index is 0.996. The van der Waals surface area contributed by atoms with E-state index in [1.165, 1.54) is 5.56 Å². The van der Waals surface area contributed by atoms with Gasteiger partial charge in [0.1, 0.15) is 0 Å². The first kappa shape index (κ1) is 13.5. The minimum Gasteiger partial charge on any atom is -0.282 e. The van der Waals surface area contributed by atoms with Gasteiger partial charge in [-0.15, -0.1) is 0 Å². The summed E-state index contributed by atoms with van der Waals surface area (Å²) in [5, 5.41) is 0. The first-order valence-electron chi connectivity index (χ1n) is 7.77. The van der Waals surface area contributed by atoms with E-state index < -0.39 is 0 Å². The zero-order valence-electron chi connectivity index (χ0n) is 12.8. The number of fused-ring (bicyclic) bond motifs is 3. The van der Waals surface area contributed by atoms with E-state index in [0.717, 1.165) is 32.1 Å². The lowest BCUT2D eigenvalue weighted by atomic mass is 10.0. The van der Waals surface area contributed by atoms with Crippen LogP contribution in [0.25, 0.3) is 37.7 Å². The van der Waals surface area contributed by atoms with E-state index in [2.05, 4.69) is 64.0 Å². The van der Waals surface area contributed by atoms with Gasteiger partial charge in [0, 0.05) is 23.5 Å². The molecule has 0 bridgehead atoms. The number of hydrogen-bond donors (Lipinski definition) is 0. The Labute approximate surface area is 142 Å². The van der Waals surface area contributed by atoms with Crippen LogP contribution in [0.4, 0.5) is 0 Å². The van der Waals surface area contributed by atoms with Crippen molar-refractivity contribution in [1.29, 1.82) is 0 Å². The summed E-state index contributed by atoms with van der Waals surface area (Å²) in [4.78, 5) is 10.2. The fourth-order valence-corrected chi connectivity index (χ4v) is 4.08. The molecule has 0 saturated heterocycles. The zero-order valence-corrected chi connectivity index (χ0v) is 13.6. The van der Waals surface area contributed by atoms with Crippen molar-refractivity contribution in [2.24, 2.45) is 0 Å². The lowest BCUT2D eigenvalue weighted by Crippen LogP contribution is -1.89. The second kappa shape index (κ2) is 5.28. The van der Waals surface area contributed by atoms with Crippen LogP contribution in [0.1, 0.15) is 0 Å². The van der Waals surface area contributed by atoms with Gasteiger partial charge in [0.25, 0.3) is 0 Å². The van der Waals surface area contributed by atoms with Crippen molar-refractivity contribution in [3.8, 4) is 22.5 Å². The Morgan fingerprint density at radius 3 is 2.25 bits per heavy atom. The number of imidazole rings is 1. The lowest BCUT2D eigenvalue weighted by molar-refractivity contribution is 1.28. The summed E-state index contributed by atoms with van der Waals surface area (Å²) in [7, 11) is 0. The fourth-order valence-electron chi connectivity index (χ4n) is 3.09. The van der Waals surface area contributed by atoms with Gasteiger partial charge in [-0.25, -0.2) is 4.98 Å². The van der Waals surface area contributed by atoms with E-state index in [1.54, 1.807) is 11.3 Å². The molecular formula is C20H13N3S. The maximum atomic E-state index is 4.95. The minimum atomic E-state index is 0.996. The molecule has 3 aromatic heterocycles. The second-order valence-corrected chi connectivity index (χ2v) is 6.61. The first-order chi connectivity index (χ1) is 11.9. The second-order valence-electron chi connectivity index (χ2n) is 5.60. The number of hydrogen-bond acceptors (Lipinski definition) is 3. The van der Waals surface area contributed by atoms with Gasteiger partial charge in [0.2, 0.25) is 0 Å². The first-order valence-corrected chi connectivity index (χ1v) is 8.59. The van der Waals surface area contributed by atoms with Crippen molar-refractivity contribution in [2.45, 2.75) is 0 Å². The van der Waals surface area contributed by atoms with Gasteiger partial charge < -0.3 is 0 Å². The molecule has 0 radical (unpaired) electrons. The van der Waals surface area contributed by atoms with Crippen molar-refractivity contribution in [2.75, 3.05) is 0 Å². The van der Waals surface area contributed by atoms with E-state index in [9.17, 15) is 0 Å². The van der Waals surface area contributed by atoms with Crippen LogP contribution >= 0.6 is 11.3 Å². The van der Waals surface area contributed by atoms with E-state index in [0.29, 0.717) is 0 Å². The average molecular weight is 327 g/mol. The molecule has 3 heterocycles. The third-order valence-corrected chi connectivity index (χ3v) is 5.14. The standard InChI is InChI=1S/C20H13N3S/c1-3-7-14(8-4-1)18-19(15-9-5-2-6-10-15)23-16-11-12-21-13-17(16)24-20(23)22-18/h1-13H. The topological polar surface area (TPSA) is 30.2 Å². The molecule has 5 aromatic rings. The van der Waals surface area contributed by atoms with Crippen LogP contribution in [0.3, 0.4) is 0 Å². The quantitative estimate of drug-likeness (QED) is 0.442. The Morgan fingerprint density at radius 1 is 0.792 bits per heavy atom. The molecule has 5 rings (SSSR count). The molecular weight excluding hydrogens is 314 g/mol. The molecule has 24 heavy (non-hydrogen) atoms. The fraction of sp³-hybridized carbons (Fsp3) is 0. The van der Waals surface area contributed by atoms with E-state index in [4.69, 9.17) is 4.98 Å². The van der Waals surface area contributed by atoms with Gasteiger partial charge >= 0.3 is 0 Å². The number of benzene rings is 2. The summed E-state index contributed by atoms with van der Waals surface area (Å²) >= 11 is 1.68. The Hall–Kier alpha value is -2.98. The molecule has 0 aliphatic carbocycles. The summed E-state index contributed by atoms with van der Waals surface area (Å²) in [5.74, 6) is 0. The van der Waals surface area contributed by atoms with Crippen LogP contribution < -0.4 is 0 Å². The van der Waals surface area contributed by atoms with Gasteiger partial charge in [-0.3, -0.25) is 9.38 Å². The van der Waals surface area contributed by atoms with Crippen LogP contribution in [0.2, 0.25) is 0 Å². The van der Waals surface area contributed by atoms with E-state index in [1.807, 2.05) is 24.5 Å². The largest absolute Gasteiger partial charge is 0.282 e. The number of nitrogens with zero attached hydrogens (tertiary/aromatic N) is 3. The molecule has 0 fully saturated rings. The maximum Gasteiger partial charge on any atom is 0.195 e. The van der Waals surface area contributed by atoms with Gasteiger partial charge in [-0.05, 0) is 6.07 Å². The molecule has 2 aromatic carbocycles. The van der Waals surface area contributed by atoms with Crippen LogP contribution in [0.15, 0.2) is 79.1 Å². The monoisotopic (exact) mass is 327 g/mol. The molecule has 0 saturated carbocycles. The summed E-state index contributed by atoms with van der Waals surface area (Å²) in [6, 6.07) is 22.9. The van der Waals surface area contributed by atoms with Crippen molar-refractivity contribution in [3.63, 3.8) is 0 Å².